The molecule has 4 heterocycles. The van der Waals surface area contributed by atoms with Crippen molar-refractivity contribution in [2.24, 2.45) is 0 Å². The molecular weight excluding hydrogens is 1120 g/mol. The molecule has 3 aromatic carbocycles. The molecule has 3 aromatic rings. The molecule has 0 saturated carbocycles. The van der Waals surface area contributed by atoms with Gasteiger partial charge in [0.25, 0.3) is 0 Å². The molecule has 0 aliphatic carbocycles. The van der Waals surface area contributed by atoms with Crippen molar-refractivity contribution in [3.05, 3.63) is 95.6 Å². The maximum Gasteiger partial charge on any atom is 0.338 e. The topological polar surface area (TPSA) is 459 Å². The predicted octanol–water partition coefficient (Wildman–Crippen LogP) is -3.39. The Balaban J connectivity index is 1.40. The Bertz CT molecular complexity index is 2780. The van der Waals surface area contributed by atoms with Crippen LogP contribution in [0.1, 0.15) is 35.3 Å². The molecule has 83 heavy (non-hydrogen) atoms. The molecule has 0 spiro atoms. The zero-order chi connectivity index (χ0) is 60.4. The number of aromatic hydroxyl groups is 4. The number of benzene rings is 3. The number of aliphatic hydroxyl groups is 9. The number of carbonyl (C=O) groups is 5. The molecule has 4 aliphatic heterocycles. The summed E-state index contributed by atoms with van der Waals surface area (Å²) in [5, 5.41) is 139. The van der Waals surface area contributed by atoms with E-state index in [1.807, 2.05) is 0 Å². The van der Waals surface area contributed by atoms with E-state index in [1.165, 1.54) is 36.4 Å². The van der Waals surface area contributed by atoms with E-state index in [9.17, 15) is 90.4 Å². The summed E-state index contributed by atoms with van der Waals surface area (Å²) in [6, 6.07) is 14.0. The first kappa shape index (κ1) is 63.6. The highest BCUT2D eigenvalue weighted by Crippen LogP contribution is 2.42. The second-order valence-electron chi connectivity index (χ2n) is 19.2. The number of carbonyl (C=O) groups excluding carboxylic acids is 5. The number of esters is 5. The Morgan fingerprint density at radius 1 is 0.518 bits per heavy atom. The average molecular weight is 1180 g/mol. The first-order valence-electron chi connectivity index (χ1n) is 25.3. The van der Waals surface area contributed by atoms with Crippen molar-refractivity contribution in [1.82, 2.24) is 0 Å². The van der Waals surface area contributed by atoms with Crippen LogP contribution in [0.3, 0.4) is 0 Å². The zero-order valence-corrected chi connectivity index (χ0v) is 43.8. The highest BCUT2D eigenvalue weighted by molar-refractivity contribution is 5.90. The lowest BCUT2D eigenvalue weighted by molar-refractivity contribution is -0.421. The molecular formula is C53H62O30. The molecule has 30 nitrogen and oxygen atoms in total. The smallest absolute Gasteiger partial charge is 0.338 e. The van der Waals surface area contributed by atoms with Crippen LogP contribution in [0.15, 0.2) is 78.9 Å². The number of ether oxygens (including phenoxy) is 12. The molecule has 0 amide bonds. The van der Waals surface area contributed by atoms with Gasteiger partial charge in [0, 0.05) is 26.0 Å². The van der Waals surface area contributed by atoms with Gasteiger partial charge >= 0.3 is 29.8 Å². The van der Waals surface area contributed by atoms with Crippen LogP contribution in [-0.4, -0.2) is 245 Å². The maximum absolute atomic E-state index is 14.1. The zero-order valence-electron chi connectivity index (χ0n) is 43.8. The summed E-state index contributed by atoms with van der Waals surface area (Å²) in [4.78, 5) is 66.2. The molecule has 0 bridgehead atoms. The lowest BCUT2D eigenvalue weighted by Gasteiger charge is -2.50. The van der Waals surface area contributed by atoms with Gasteiger partial charge in [-0.05, 0) is 59.7 Å². The maximum atomic E-state index is 14.1. The molecule has 4 fully saturated rings. The van der Waals surface area contributed by atoms with Crippen LogP contribution in [0.2, 0.25) is 0 Å². The standard InChI is InChI=1S/C53H62O30/c1-23(56)72-20-34-39(65)42(68)44(70)51(76-34)79-46-45(78-37(63)15-11-26-9-13-29(59)31(61)17-26)35(21-73-24(2)57)77-52(47(46)80-50-43(69)41(67)38(64)32(18-54)75-50)83-53(22-74-36(62)14-10-25-8-12-28(58)30(60)16-25)48(40(66)33(19-55)82-53)81-49(71)27-6-4-3-5-7-27/h3-17,32-35,38-48,50-52,54-55,58-61,64-70H,18-22H2,1-2H3/b14-10+,15-11+/t32-,33-,34-,35-,38-,39-,40-,41+,42+,43-,44-,45-,46+,47-,48+,50+,51+,52-,53+/m1/s1. The second-order valence-corrected chi connectivity index (χ2v) is 19.2. The Morgan fingerprint density at radius 2 is 1.02 bits per heavy atom. The molecule has 19 atom stereocenters. The summed E-state index contributed by atoms with van der Waals surface area (Å²) < 4.78 is 70.9. The van der Waals surface area contributed by atoms with Crippen LogP contribution in [0.25, 0.3) is 12.2 Å². The van der Waals surface area contributed by atoms with Gasteiger partial charge in [0.2, 0.25) is 5.79 Å². The van der Waals surface area contributed by atoms with Crippen LogP contribution in [0.5, 0.6) is 23.0 Å². The largest absolute Gasteiger partial charge is 0.504 e. The summed E-state index contributed by atoms with van der Waals surface area (Å²) in [5.74, 6) is -10.8. The van der Waals surface area contributed by atoms with Crippen LogP contribution in [-0.2, 0) is 76.0 Å². The van der Waals surface area contributed by atoms with E-state index in [2.05, 4.69) is 0 Å². The fraction of sp³-hybridized carbons (Fsp3) is 0.491. The van der Waals surface area contributed by atoms with Gasteiger partial charge in [0.15, 0.2) is 54.1 Å². The first-order valence-corrected chi connectivity index (χ1v) is 25.3. The van der Waals surface area contributed by atoms with Crippen LogP contribution >= 0.6 is 0 Å². The SMILES string of the molecule is CC(=O)OC[C@H]1O[C@@H](O[C@@H]2[C@@H](O[C@@H]3O[C@H](CO)[C@@H](O)[C@H](O)[C@H]3O)[C@@H](O[C@]3(COC(=O)/C=C/c4ccc(O)c(O)c4)O[C@H](CO)[C@@H](O)[C@@H]3OC(=O)c3ccccc3)O[C@H](COC(C)=O)[C@H]2OC(=O)/C=C/c2ccc(O)c(O)c2)[C@H](O)[C@@H](O)[C@@H]1O. The van der Waals surface area contributed by atoms with Crippen molar-refractivity contribution in [3.8, 4) is 23.0 Å². The number of hydrogen-bond acceptors (Lipinski definition) is 30. The molecule has 0 aromatic heterocycles. The minimum absolute atomic E-state index is 0.104. The Labute approximate surface area is 469 Å². The molecule has 4 saturated heterocycles. The minimum Gasteiger partial charge on any atom is -0.504 e. The summed E-state index contributed by atoms with van der Waals surface area (Å²) in [6.07, 6.45) is -34.7. The number of phenolic OH excluding ortho intramolecular Hbond substituents is 4. The van der Waals surface area contributed by atoms with E-state index in [-0.39, 0.29) is 16.7 Å². The van der Waals surface area contributed by atoms with Crippen molar-refractivity contribution in [3.63, 3.8) is 0 Å². The van der Waals surface area contributed by atoms with Crippen LogP contribution < -0.4 is 0 Å². The highest BCUT2D eigenvalue weighted by Gasteiger charge is 2.64. The number of aliphatic hydroxyl groups excluding tert-OH is 9. The van der Waals surface area contributed by atoms with Gasteiger partial charge in [-0.15, -0.1) is 0 Å². The van der Waals surface area contributed by atoms with Gasteiger partial charge < -0.3 is 123 Å². The first-order chi connectivity index (χ1) is 39.4. The molecule has 7 rings (SSSR count). The third-order valence-corrected chi connectivity index (χ3v) is 13.3. The van der Waals surface area contributed by atoms with E-state index in [1.54, 1.807) is 6.07 Å². The number of phenols is 4. The third-order valence-electron chi connectivity index (χ3n) is 13.3. The molecule has 4 aliphatic rings. The van der Waals surface area contributed by atoms with E-state index in [0.29, 0.717) is 0 Å². The number of rotatable bonds is 21. The van der Waals surface area contributed by atoms with Gasteiger partial charge in [-0.3, -0.25) is 9.59 Å². The van der Waals surface area contributed by atoms with Gasteiger partial charge in [-0.25, -0.2) is 14.4 Å². The van der Waals surface area contributed by atoms with Crippen LogP contribution in [0, 0.1) is 0 Å². The van der Waals surface area contributed by atoms with Gasteiger partial charge in [-0.2, -0.15) is 0 Å². The van der Waals surface area contributed by atoms with E-state index in [4.69, 9.17) is 56.8 Å². The molecule has 30 heteroatoms. The second kappa shape index (κ2) is 28.1. The highest BCUT2D eigenvalue weighted by atomic mass is 16.8. The summed E-state index contributed by atoms with van der Waals surface area (Å²) in [7, 11) is 0. The Hall–Kier alpha value is -6.95. The fourth-order valence-electron chi connectivity index (χ4n) is 8.97. The lowest BCUT2D eigenvalue weighted by Crippen LogP contribution is -2.69. The van der Waals surface area contributed by atoms with Gasteiger partial charge in [-0.1, -0.05) is 30.3 Å². The van der Waals surface area contributed by atoms with E-state index in [0.717, 1.165) is 62.4 Å². The van der Waals surface area contributed by atoms with Crippen molar-refractivity contribution in [1.29, 1.82) is 0 Å². The van der Waals surface area contributed by atoms with Crippen molar-refractivity contribution < 1.29 is 147 Å². The van der Waals surface area contributed by atoms with Gasteiger partial charge in [0.1, 0.15) is 99.2 Å². The average Bonchev–Trinajstić information content (AvgIpc) is 2.42. The lowest BCUT2D eigenvalue weighted by atomic mass is 9.95. The third kappa shape index (κ3) is 15.4. The monoisotopic (exact) mass is 1180 g/mol. The molecule has 0 radical (unpaired) electrons. The minimum atomic E-state index is -2.98. The van der Waals surface area contributed by atoms with Crippen LogP contribution in [0.4, 0.5) is 0 Å². The Kier molecular flexibility index (Phi) is 21.5. The quantitative estimate of drug-likeness (QED) is 0.0214. The van der Waals surface area contributed by atoms with Crippen molar-refractivity contribution in [2.45, 2.75) is 130 Å². The molecule has 13 N–H and O–H groups in total. The summed E-state index contributed by atoms with van der Waals surface area (Å²) in [6.45, 7) is -3.25. The van der Waals surface area contributed by atoms with Crippen molar-refractivity contribution in [2.75, 3.05) is 33.0 Å². The fourth-order valence-corrected chi connectivity index (χ4v) is 8.97. The van der Waals surface area contributed by atoms with E-state index < -0.39 is 202 Å². The van der Waals surface area contributed by atoms with E-state index >= 15 is 0 Å². The number of hydrogen-bond donors (Lipinski definition) is 13. The molecule has 0 unspecified atom stereocenters. The normalized spacial score (nSPS) is 33.6. The molecule has 454 valence electrons. The summed E-state index contributed by atoms with van der Waals surface area (Å²) in [5.41, 5.74) is 0.112. The Morgan fingerprint density at radius 3 is 1.57 bits per heavy atom. The van der Waals surface area contributed by atoms with Crippen molar-refractivity contribution >= 4 is 42.0 Å². The summed E-state index contributed by atoms with van der Waals surface area (Å²) >= 11 is 0. The predicted molar refractivity (Wildman–Crippen MR) is 268 cm³/mol. The van der Waals surface area contributed by atoms with Gasteiger partial charge in [0.05, 0.1) is 18.8 Å².